The van der Waals surface area contributed by atoms with Crippen LogP contribution in [0.4, 0.5) is 0 Å². The Morgan fingerprint density at radius 3 is 2.55 bits per heavy atom. The highest BCUT2D eigenvalue weighted by atomic mass is 16.5. The molecule has 3 aromatic rings. The van der Waals surface area contributed by atoms with Crippen LogP contribution >= 0.6 is 0 Å². The molecule has 0 aliphatic heterocycles. The standard InChI is InChI=1S/C26H24O5/c27-24-12-11-20-15-23(25(16-22(20)24)30-13-5-10-26(28)29)19-8-4-9-21(14-19)31-17-18-6-2-1-3-7-18/h1-4,6-9,14-16H,5,10-13,17H2,(H,28,29). The number of carboxylic acid groups (broad SMARTS) is 1. The Kier molecular flexibility index (Phi) is 6.32. The molecule has 0 amide bonds. The summed E-state index contributed by atoms with van der Waals surface area (Å²) in [4.78, 5) is 23.0. The van der Waals surface area contributed by atoms with Crippen LogP contribution in [-0.4, -0.2) is 23.5 Å². The molecule has 1 aliphatic carbocycles. The number of carbonyl (C=O) groups is 2. The van der Waals surface area contributed by atoms with Gasteiger partial charge in [0.15, 0.2) is 5.78 Å². The van der Waals surface area contributed by atoms with E-state index in [0.717, 1.165) is 34.4 Å². The fourth-order valence-electron chi connectivity index (χ4n) is 3.72. The maximum absolute atomic E-state index is 12.2. The van der Waals surface area contributed by atoms with E-state index in [-0.39, 0.29) is 18.8 Å². The number of hydrogen-bond donors (Lipinski definition) is 1. The van der Waals surface area contributed by atoms with E-state index >= 15 is 0 Å². The monoisotopic (exact) mass is 416 g/mol. The minimum absolute atomic E-state index is 0.0437. The molecule has 1 aliphatic rings. The van der Waals surface area contributed by atoms with Crippen molar-refractivity contribution in [2.24, 2.45) is 0 Å². The molecule has 5 heteroatoms. The molecule has 0 heterocycles. The van der Waals surface area contributed by atoms with Crippen LogP contribution in [-0.2, 0) is 17.8 Å². The minimum atomic E-state index is -0.851. The van der Waals surface area contributed by atoms with Gasteiger partial charge in [0, 0.05) is 24.0 Å². The van der Waals surface area contributed by atoms with Crippen LogP contribution < -0.4 is 9.47 Å². The van der Waals surface area contributed by atoms with E-state index < -0.39 is 5.97 Å². The highest BCUT2D eigenvalue weighted by Crippen LogP contribution is 2.37. The number of benzene rings is 3. The number of aliphatic carboxylic acids is 1. The molecule has 0 unspecified atom stereocenters. The van der Waals surface area contributed by atoms with Gasteiger partial charge in [0.05, 0.1) is 6.61 Å². The zero-order valence-electron chi connectivity index (χ0n) is 17.2. The Labute approximate surface area is 181 Å². The molecule has 4 rings (SSSR count). The maximum Gasteiger partial charge on any atom is 0.303 e. The summed E-state index contributed by atoms with van der Waals surface area (Å²) in [5, 5.41) is 8.85. The van der Waals surface area contributed by atoms with Crippen molar-refractivity contribution in [3.8, 4) is 22.6 Å². The van der Waals surface area contributed by atoms with Crippen molar-refractivity contribution in [2.45, 2.75) is 32.3 Å². The highest BCUT2D eigenvalue weighted by molar-refractivity contribution is 6.01. The Morgan fingerprint density at radius 2 is 1.74 bits per heavy atom. The second-order valence-corrected chi connectivity index (χ2v) is 7.58. The normalized spacial score (nSPS) is 12.5. The Morgan fingerprint density at radius 1 is 0.903 bits per heavy atom. The summed E-state index contributed by atoms with van der Waals surface area (Å²) in [5.74, 6) is 0.613. The Bertz CT molecular complexity index is 1090. The Balaban J connectivity index is 1.58. The highest BCUT2D eigenvalue weighted by Gasteiger charge is 2.23. The quantitative estimate of drug-likeness (QED) is 0.479. The van der Waals surface area contributed by atoms with Crippen LogP contribution in [0.3, 0.4) is 0 Å². The fraction of sp³-hybridized carbons (Fsp3) is 0.231. The molecule has 3 aromatic carbocycles. The maximum atomic E-state index is 12.2. The lowest BCUT2D eigenvalue weighted by Crippen LogP contribution is -2.04. The number of rotatable bonds is 9. The third-order valence-corrected chi connectivity index (χ3v) is 5.31. The minimum Gasteiger partial charge on any atom is -0.493 e. The van der Waals surface area contributed by atoms with Gasteiger partial charge in [-0.05, 0) is 53.8 Å². The van der Waals surface area contributed by atoms with Gasteiger partial charge in [0.1, 0.15) is 18.1 Å². The summed E-state index contributed by atoms with van der Waals surface area (Å²) in [7, 11) is 0. The SMILES string of the molecule is O=C(O)CCCOc1cc2c(cc1-c1cccc(OCc3ccccc3)c1)CCC2=O. The predicted molar refractivity (Wildman–Crippen MR) is 118 cm³/mol. The molecular weight excluding hydrogens is 392 g/mol. The average Bonchev–Trinajstić information content (AvgIpc) is 3.15. The first-order valence-corrected chi connectivity index (χ1v) is 10.4. The molecule has 5 nitrogen and oxygen atoms in total. The molecule has 0 atom stereocenters. The molecular formula is C26H24O5. The van der Waals surface area contributed by atoms with E-state index in [4.69, 9.17) is 14.6 Å². The lowest BCUT2D eigenvalue weighted by Gasteiger charge is -2.15. The largest absolute Gasteiger partial charge is 0.493 e. The number of carboxylic acids is 1. The van der Waals surface area contributed by atoms with E-state index in [1.54, 1.807) is 6.07 Å². The molecule has 0 saturated carbocycles. The molecule has 31 heavy (non-hydrogen) atoms. The molecule has 158 valence electrons. The first kappa shape index (κ1) is 20.7. The fourth-order valence-corrected chi connectivity index (χ4v) is 3.72. The average molecular weight is 416 g/mol. The van der Waals surface area contributed by atoms with Crippen molar-refractivity contribution in [3.05, 3.63) is 83.4 Å². The van der Waals surface area contributed by atoms with Crippen LogP contribution in [0, 0.1) is 0 Å². The zero-order chi connectivity index (χ0) is 21.6. The lowest BCUT2D eigenvalue weighted by atomic mass is 9.99. The number of Topliss-reactive ketones (excluding diaryl/α,β-unsaturated/α-hetero) is 1. The van der Waals surface area contributed by atoms with Crippen LogP contribution in [0.2, 0.25) is 0 Å². The lowest BCUT2D eigenvalue weighted by molar-refractivity contribution is -0.137. The summed E-state index contributed by atoms with van der Waals surface area (Å²) in [5.41, 5.74) is 4.63. The van der Waals surface area contributed by atoms with E-state index in [1.807, 2.05) is 60.7 Å². The number of ketones is 1. The zero-order valence-corrected chi connectivity index (χ0v) is 17.2. The first-order chi connectivity index (χ1) is 15.1. The van der Waals surface area contributed by atoms with Crippen LogP contribution in [0.15, 0.2) is 66.7 Å². The second kappa shape index (κ2) is 9.47. The van der Waals surface area contributed by atoms with Gasteiger partial charge in [-0.2, -0.15) is 0 Å². The molecule has 0 aromatic heterocycles. The van der Waals surface area contributed by atoms with Gasteiger partial charge in [-0.1, -0.05) is 42.5 Å². The van der Waals surface area contributed by atoms with Gasteiger partial charge >= 0.3 is 5.97 Å². The number of carbonyl (C=O) groups excluding carboxylic acids is 1. The second-order valence-electron chi connectivity index (χ2n) is 7.58. The molecule has 1 N–H and O–H groups in total. The topological polar surface area (TPSA) is 72.8 Å². The van der Waals surface area contributed by atoms with E-state index in [9.17, 15) is 9.59 Å². The van der Waals surface area contributed by atoms with E-state index in [1.165, 1.54) is 0 Å². The summed E-state index contributed by atoms with van der Waals surface area (Å²) in [6.45, 7) is 0.748. The summed E-state index contributed by atoms with van der Waals surface area (Å²) in [6, 6.07) is 21.6. The molecule has 0 bridgehead atoms. The van der Waals surface area contributed by atoms with Crippen molar-refractivity contribution in [1.29, 1.82) is 0 Å². The number of ether oxygens (including phenoxy) is 2. The molecule has 0 fully saturated rings. The number of aryl methyl sites for hydroxylation is 1. The van der Waals surface area contributed by atoms with Gasteiger partial charge in [-0.15, -0.1) is 0 Å². The van der Waals surface area contributed by atoms with Crippen molar-refractivity contribution in [2.75, 3.05) is 6.61 Å². The van der Waals surface area contributed by atoms with Gasteiger partial charge in [0.2, 0.25) is 0 Å². The van der Waals surface area contributed by atoms with Crippen LogP contribution in [0.1, 0.15) is 40.7 Å². The molecule has 0 saturated heterocycles. The van der Waals surface area contributed by atoms with Crippen LogP contribution in [0.5, 0.6) is 11.5 Å². The summed E-state index contributed by atoms with van der Waals surface area (Å²) < 4.78 is 11.9. The number of hydrogen-bond acceptors (Lipinski definition) is 4. The van der Waals surface area contributed by atoms with Gasteiger partial charge in [-0.3, -0.25) is 9.59 Å². The Hall–Kier alpha value is -3.60. The summed E-state index contributed by atoms with van der Waals surface area (Å²) >= 11 is 0. The van der Waals surface area contributed by atoms with Gasteiger partial charge < -0.3 is 14.6 Å². The van der Waals surface area contributed by atoms with Gasteiger partial charge in [-0.25, -0.2) is 0 Å². The number of fused-ring (bicyclic) bond motifs is 1. The third kappa shape index (κ3) is 5.12. The van der Waals surface area contributed by atoms with E-state index in [2.05, 4.69) is 0 Å². The van der Waals surface area contributed by atoms with Crippen molar-refractivity contribution in [1.82, 2.24) is 0 Å². The van der Waals surface area contributed by atoms with Gasteiger partial charge in [0.25, 0.3) is 0 Å². The van der Waals surface area contributed by atoms with E-state index in [0.29, 0.717) is 30.8 Å². The molecule has 0 radical (unpaired) electrons. The smallest absolute Gasteiger partial charge is 0.303 e. The van der Waals surface area contributed by atoms with Crippen LogP contribution in [0.25, 0.3) is 11.1 Å². The third-order valence-electron chi connectivity index (χ3n) is 5.31. The first-order valence-electron chi connectivity index (χ1n) is 10.4. The predicted octanol–water partition coefficient (Wildman–Crippen LogP) is 5.31. The summed E-state index contributed by atoms with van der Waals surface area (Å²) in [6.07, 6.45) is 1.68. The van der Waals surface area contributed by atoms with Crippen molar-refractivity contribution < 1.29 is 24.2 Å². The van der Waals surface area contributed by atoms with Crippen molar-refractivity contribution in [3.63, 3.8) is 0 Å². The molecule has 0 spiro atoms. The van der Waals surface area contributed by atoms with Crippen molar-refractivity contribution >= 4 is 11.8 Å².